The zero-order valence-electron chi connectivity index (χ0n) is 27.8. The van der Waals surface area contributed by atoms with E-state index < -0.39 is 12.1 Å². The van der Waals surface area contributed by atoms with E-state index in [1.165, 1.54) is 0 Å². The molecule has 13 nitrogen and oxygen atoms in total. The topological polar surface area (TPSA) is 168 Å². The highest BCUT2D eigenvalue weighted by Crippen LogP contribution is 2.31. The van der Waals surface area contributed by atoms with Gasteiger partial charge in [-0.15, -0.1) is 0 Å². The standard InChI is InChI=1S/C18H24N4O2.C16H20N4O3/c1-5-14(18(24)21(4)9-11(2)3)22-10-12-6-7-19-16-15(12)13(8-20-16)17(22)23;1-3-12(15(22)19-9(2)8-21)20-7-10-4-5-17-14-13(10)11(6-18-14)16(20)23/h6-8,11,14H,5,9-10H2,1-4H3,(H,19,20);4-6,9,12,21H,3,7-8H2,1-2H3,(H,17,18)(H,19,22)/t14-;/m1./s1. The van der Waals surface area contributed by atoms with Crippen LogP contribution in [0.5, 0.6) is 0 Å². The summed E-state index contributed by atoms with van der Waals surface area (Å²) in [4.78, 5) is 70.6. The van der Waals surface area contributed by atoms with Crippen molar-refractivity contribution in [3.05, 3.63) is 59.2 Å². The van der Waals surface area contributed by atoms with Gasteiger partial charge in [0.25, 0.3) is 11.8 Å². The minimum absolute atomic E-state index is 0.00355. The van der Waals surface area contributed by atoms with Crippen molar-refractivity contribution in [3.63, 3.8) is 0 Å². The summed E-state index contributed by atoms with van der Waals surface area (Å²) in [6.45, 7) is 11.1. The second kappa shape index (κ2) is 13.9. The molecule has 47 heavy (non-hydrogen) atoms. The minimum Gasteiger partial charge on any atom is -0.394 e. The first-order valence-electron chi connectivity index (χ1n) is 16.2. The van der Waals surface area contributed by atoms with Crippen LogP contribution in [0.1, 0.15) is 79.3 Å². The van der Waals surface area contributed by atoms with Crippen LogP contribution in [0.4, 0.5) is 0 Å². The van der Waals surface area contributed by atoms with Crippen LogP contribution in [-0.4, -0.2) is 102 Å². The third-order valence-electron chi connectivity index (χ3n) is 8.77. The van der Waals surface area contributed by atoms with E-state index in [9.17, 15) is 19.2 Å². The lowest BCUT2D eigenvalue weighted by Gasteiger charge is -2.35. The molecule has 0 saturated heterocycles. The van der Waals surface area contributed by atoms with E-state index in [0.717, 1.165) is 27.5 Å². The van der Waals surface area contributed by atoms with Crippen LogP contribution in [0.25, 0.3) is 22.1 Å². The molecular formula is C34H44N8O5. The maximum Gasteiger partial charge on any atom is 0.257 e. The molecule has 4 N–H and O–H groups in total. The summed E-state index contributed by atoms with van der Waals surface area (Å²) in [5.74, 6) is -0.115. The Kier molecular flexibility index (Phi) is 9.94. The fourth-order valence-corrected chi connectivity index (χ4v) is 6.53. The molecule has 6 heterocycles. The van der Waals surface area contributed by atoms with Gasteiger partial charge in [-0.2, -0.15) is 0 Å². The molecule has 4 aromatic rings. The molecule has 4 aromatic heterocycles. The van der Waals surface area contributed by atoms with Crippen molar-refractivity contribution in [2.24, 2.45) is 5.92 Å². The predicted molar refractivity (Wildman–Crippen MR) is 177 cm³/mol. The van der Waals surface area contributed by atoms with Gasteiger partial charge in [0.15, 0.2) is 0 Å². The number of carbonyl (C=O) groups excluding carboxylic acids is 4. The van der Waals surface area contributed by atoms with E-state index in [2.05, 4.69) is 39.1 Å². The number of nitrogens with zero attached hydrogens (tertiary/aromatic N) is 5. The monoisotopic (exact) mass is 644 g/mol. The molecule has 2 unspecified atom stereocenters. The third kappa shape index (κ3) is 6.44. The number of hydrogen-bond acceptors (Lipinski definition) is 7. The number of hydrogen-bond donors (Lipinski definition) is 4. The van der Waals surface area contributed by atoms with Crippen molar-refractivity contribution in [1.29, 1.82) is 0 Å². The quantitative estimate of drug-likeness (QED) is 0.206. The Morgan fingerprint density at radius 2 is 1.38 bits per heavy atom. The van der Waals surface area contributed by atoms with Crippen molar-refractivity contribution in [2.45, 2.75) is 78.7 Å². The first-order chi connectivity index (χ1) is 22.5. The average Bonchev–Trinajstić information content (AvgIpc) is 3.69. The largest absolute Gasteiger partial charge is 0.394 e. The zero-order valence-corrected chi connectivity index (χ0v) is 27.8. The number of likely N-dealkylation sites (N-methyl/N-ethyl adjacent to an activating group) is 1. The van der Waals surface area contributed by atoms with Crippen LogP contribution >= 0.6 is 0 Å². The highest BCUT2D eigenvalue weighted by Gasteiger charge is 2.37. The molecule has 2 aliphatic rings. The number of aliphatic hydroxyl groups is 1. The second-order valence-electron chi connectivity index (χ2n) is 12.7. The number of aromatic nitrogens is 4. The summed E-state index contributed by atoms with van der Waals surface area (Å²) in [5.41, 5.74) is 4.59. The van der Waals surface area contributed by atoms with Crippen molar-refractivity contribution < 1.29 is 24.3 Å². The van der Waals surface area contributed by atoms with E-state index in [4.69, 9.17) is 5.11 Å². The number of aliphatic hydroxyl groups excluding tert-OH is 1. The number of carbonyl (C=O) groups is 4. The molecule has 3 atom stereocenters. The van der Waals surface area contributed by atoms with Gasteiger partial charge in [-0.05, 0) is 48.9 Å². The van der Waals surface area contributed by atoms with Crippen LogP contribution in [0.2, 0.25) is 0 Å². The lowest BCUT2D eigenvalue weighted by molar-refractivity contribution is -0.135. The molecule has 0 aliphatic carbocycles. The molecule has 0 fully saturated rings. The Bertz CT molecular complexity index is 1800. The first kappa shape index (κ1) is 33.6. The van der Waals surface area contributed by atoms with Gasteiger partial charge < -0.3 is 35.1 Å². The van der Waals surface area contributed by atoms with Gasteiger partial charge in [-0.1, -0.05) is 27.7 Å². The van der Waals surface area contributed by atoms with Gasteiger partial charge in [0.05, 0.1) is 17.7 Å². The molecule has 0 bridgehead atoms. The maximum absolute atomic E-state index is 12.9. The van der Waals surface area contributed by atoms with Crippen molar-refractivity contribution in [2.75, 3.05) is 20.2 Å². The highest BCUT2D eigenvalue weighted by atomic mass is 16.3. The Hall–Kier alpha value is -4.78. The van der Waals surface area contributed by atoms with E-state index >= 15 is 0 Å². The number of rotatable bonds is 10. The third-order valence-corrected chi connectivity index (χ3v) is 8.77. The number of aromatic amines is 2. The van der Waals surface area contributed by atoms with E-state index in [1.54, 1.807) is 46.4 Å². The molecule has 0 aromatic carbocycles. The predicted octanol–water partition coefficient (Wildman–Crippen LogP) is 3.21. The molecule has 6 rings (SSSR count). The molecule has 4 amide bonds. The SMILES string of the molecule is CCC(C(=O)NC(C)CO)N1Cc2ccnc3[nH]cc(c23)C1=O.CC[C@H](C(=O)N(C)CC(C)C)N1Cc2ccnc3[nH]cc(c23)C1=O. The summed E-state index contributed by atoms with van der Waals surface area (Å²) in [7, 11) is 1.81. The fourth-order valence-electron chi connectivity index (χ4n) is 6.53. The number of H-pyrrole nitrogens is 2. The Balaban J connectivity index is 0.000000185. The van der Waals surface area contributed by atoms with Crippen LogP contribution in [0, 0.1) is 5.92 Å². The first-order valence-corrected chi connectivity index (χ1v) is 16.2. The van der Waals surface area contributed by atoms with Crippen molar-refractivity contribution >= 4 is 45.7 Å². The Labute approximate surface area is 273 Å². The Morgan fingerprint density at radius 1 is 0.894 bits per heavy atom. The van der Waals surface area contributed by atoms with Crippen molar-refractivity contribution in [1.82, 2.24) is 40.0 Å². The zero-order chi connectivity index (χ0) is 34.0. The van der Waals surface area contributed by atoms with E-state index in [0.29, 0.717) is 55.2 Å². The fraction of sp³-hybridized carbons (Fsp3) is 0.471. The van der Waals surface area contributed by atoms with Gasteiger partial charge in [0.1, 0.15) is 23.4 Å². The number of nitrogens with one attached hydrogen (secondary N) is 3. The summed E-state index contributed by atoms with van der Waals surface area (Å²) < 4.78 is 0. The van der Waals surface area contributed by atoms with Gasteiger partial charge in [0, 0.05) is 68.3 Å². The molecule has 250 valence electrons. The van der Waals surface area contributed by atoms with Crippen LogP contribution in [-0.2, 0) is 22.7 Å². The molecule has 0 spiro atoms. The van der Waals surface area contributed by atoms with Gasteiger partial charge in [-0.3, -0.25) is 19.2 Å². The highest BCUT2D eigenvalue weighted by molar-refractivity contribution is 6.11. The summed E-state index contributed by atoms with van der Waals surface area (Å²) in [5, 5.41) is 13.6. The smallest absolute Gasteiger partial charge is 0.257 e. The summed E-state index contributed by atoms with van der Waals surface area (Å²) in [6.07, 6.45) is 7.88. The van der Waals surface area contributed by atoms with Crippen LogP contribution in [0.3, 0.4) is 0 Å². The minimum atomic E-state index is -0.567. The summed E-state index contributed by atoms with van der Waals surface area (Å²) in [6, 6.07) is 2.45. The Morgan fingerprint density at radius 3 is 1.83 bits per heavy atom. The number of amides is 4. The number of pyridine rings is 2. The molecule has 0 radical (unpaired) electrons. The van der Waals surface area contributed by atoms with Crippen molar-refractivity contribution in [3.8, 4) is 0 Å². The summed E-state index contributed by atoms with van der Waals surface area (Å²) >= 11 is 0. The average molecular weight is 645 g/mol. The normalized spacial score (nSPS) is 15.8. The maximum atomic E-state index is 12.9. The van der Waals surface area contributed by atoms with Gasteiger partial charge in [0.2, 0.25) is 11.8 Å². The molecule has 0 saturated carbocycles. The lowest BCUT2D eigenvalue weighted by atomic mass is 9.99. The van der Waals surface area contributed by atoms with E-state index in [-0.39, 0.29) is 36.3 Å². The van der Waals surface area contributed by atoms with Gasteiger partial charge >= 0.3 is 0 Å². The van der Waals surface area contributed by atoms with E-state index in [1.807, 2.05) is 33.0 Å². The van der Waals surface area contributed by atoms with Gasteiger partial charge in [-0.25, -0.2) is 9.97 Å². The van der Waals surface area contributed by atoms with Crippen LogP contribution < -0.4 is 5.32 Å². The molecular weight excluding hydrogens is 600 g/mol. The molecule has 2 aliphatic heterocycles. The van der Waals surface area contributed by atoms with Crippen LogP contribution in [0.15, 0.2) is 36.9 Å². The second-order valence-corrected chi connectivity index (χ2v) is 12.7. The lowest BCUT2D eigenvalue weighted by Crippen LogP contribution is -2.52. The molecule has 13 heteroatoms.